The van der Waals surface area contributed by atoms with Crippen LogP contribution in [0.4, 0.5) is 0 Å². The third kappa shape index (κ3) is 3.53. The molecule has 2 aromatic rings. The number of rotatable bonds is 5. The fraction of sp³-hybridized carbons (Fsp3) is 0.421. The van der Waals surface area contributed by atoms with Crippen molar-refractivity contribution in [3.63, 3.8) is 0 Å². The van der Waals surface area contributed by atoms with Crippen molar-refractivity contribution in [3.8, 4) is 5.75 Å². The summed E-state index contributed by atoms with van der Waals surface area (Å²) in [6, 6.07) is 8.51. The maximum Gasteiger partial charge on any atom is 0.115 e. The maximum atomic E-state index is 9.93. The summed E-state index contributed by atoms with van der Waals surface area (Å²) >= 11 is 1.68. The van der Waals surface area contributed by atoms with Crippen LogP contribution in [0.1, 0.15) is 30.5 Å². The van der Waals surface area contributed by atoms with Gasteiger partial charge in [-0.3, -0.25) is 9.80 Å². The Bertz CT molecular complexity index is 673. The zero-order chi connectivity index (χ0) is 17.1. The van der Waals surface area contributed by atoms with Gasteiger partial charge < -0.3 is 5.11 Å². The van der Waals surface area contributed by atoms with Gasteiger partial charge in [0.2, 0.25) is 0 Å². The Morgan fingerprint density at radius 1 is 1.38 bits per heavy atom. The molecule has 0 aliphatic carbocycles. The Hall–Kier alpha value is -1.69. The summed E-state index contributed by atoms with van der Waals surface area (Å²) in [6.07, 6.45) is 3.84. The number of thiazole rings is 1. The summed E-state index contributed by atoms with van der Waals surface area (Å²) in [7, 11) is 0. The van der Waals surface area contributed by atoms with E-state index >= 15 is 0 Å². The predicted molar refractivity (Wildman–Crippen MR) is 99.5 cm³/mol. The monoisotopic (exact) mass is 343 g/mol. The molecule has 1 saturated heterocycles. The molecule has 1 aromatic heterocycles. The topological polar surface area (TPSA) is 39.6 Å². The molecule has 3 atom stereocenters. The average molecular weight is 343 g/mol. The van der Waals surface area contributed by atoms with Gasteiger partial charge in [0.15, 0.2) is 0 Å². The first-order valence-electron chi connectivity index (χ1n) is 8.39. The van der Waals surface area contributed by atoms with Crippen molar-refractivity contribution < 1.29 is 5.11 Å². The van der Waals surface area contributed by atoms with E-state index in [9.17, 15) is 5.11 Å². The Balaban J connectivity index is 1.93. The summed E-state index contributed by atoms with van der Waals surface area (Å²) in [5.74, 6) is 0.306. The second-order valence-corrected chi connectivity index (χ2v) is 7.43. The first kappa shape index (κ1) is 17.1. The Labute approximate surface area is 148 Å². The van der Waals surface area contributed by atoms with Crippen molar-refractivity contribution in [2.24, 2.45) is 0 Å². The van der Waals surface area contributed by atoms with E-state index in [0.717, 1.165) is 30.2 Å². The molecule has 0 spiro atoms. The summed E-state index contributed by atoms with van der Waals surface area (Å²) < 4.78 is 0. The van der Waals surface area contributed by atoms with Gasteiger partial charge in [-0.05, 0) is 31.5 Å². The Morgan fingerprint density at radius 3 is 2.88 bits per heavy atom. The van der Waals surface area contributed by atoms with Crippen molar-refractivity contribution in [1.29, 1.82) is 0 Å². The third-order valence-electron chi connectivity index (χ3n) is 4.73. The molecular weight excluding hydrogens is 318 g/mol. The minimum absolute atomic E-state index is 0.0837. The van der Waals surface area contributed by atoms with Crippen molar-refractivity contribution in [2.45, 2.75) is 32.0 Å². The van der Waals surface area contributed by atoms with Gasteiger partial charge in [0.05, 0.1) is 6.04 Å². The van der Waals surface area contributed by atoms with E-state index in [2.05, 4.69) is 41.3 Å². The molecule has 1 aliphatic rings. The van der Waals surface area contributed by atoms with Crippen molar-refractivity contribution in [1.82, 2.24) is 14.8 Å². The zero-order valence-electron chi connectivity index (χ0n) is 14.3. The summed E-state index contributed by atoms with van der Waals surface area (Å²) in [6.45, 7) is 11.3. The van der Waals surface area contributed by atoms with Gasteiger partial charge in [-0.2, -0.15) is 0 Å². The molecule has 1 aromatic carbocycles. The zero-order valence-corrected chi connectivity index (χ0v) is 15.1. The van der Waals surface area contributed by atoms with Gasteiger partial charge >= 0.3 is 0 Å². The van der Waals surface area contributed by atoms with E-state index in [0.29, 0.717) is 17.8 Å². The number of phenols is 1. The lowest BCUT2D eigenvalue weighted by Gasteiger charge is -2.46. The molecule has 0 unspecified atom stereocenters. The summed E-state index contributed by atoms with van der Waals surface area (Å²) in [4.78, 5) is 9.56. The largest absolute Gasteiger partial charge is 0.508 e. The van der Waals surface area contributed by atoms with E-state index < -0.39 is 0 Å². The second kappa shape index (κ2) is 7.47. The van der Waals surface area contributed by atoms with E-state index in [4.69, 9.17) is 0 Å². The molecule has 5 heteroatoms. The van der Waals surface area contributed by atoms with Crippen LogP contribution in [-0.4, -0.2) is 51.6 Å². The van der Waals surface area contributed by atoms with Crippen molar-refractivity contribution in [2.75, 3.05) is 19.6 Å². The van der Waals surface area contributed by atoms with Crippen LogP contribution in [-0.2, 0) is 0 Å². The minimum atomic E-state index is 0.0837. The highest BCUT2D eigenvalue weighted by atomic mass is 32.1. The molecule has 1 N–H and O–H groups in total. The molecule has 1 fully saturated rings. The average Bonchev–Trinajstić information content (AvgIpc) is 3.06. The molecule has 0 radical (unpaired) electrons. The van der Waals surface area contributed by atoms with Crippen LogP contribution >= 0.6 is 11.3 Å². The van der Waals surface area contributed by atoms with Gasteiger partial charge in [-0.1, -0.05) is 18.2 Å². The molecule has 4 nitrogen and oxygen atoms in total. The minimum Gasteiger partial charge on any atom is -0.508 e. The van der Waals surface area contributed by atoms with Crippen LogP contribution in [0, 0.1) is 0 Å². The van der Waals surface area contributed by atoms with Crippen LogP contribution in [0.25, 0.3) is 0 Å². The summed E-state index contributed by atoms with van der Waals surface area (Å²) in [5.41, 5.74) is 1.10. The first-order valence-corrected chi connectivity index (χ1v) is 9.27. The molecule has 0 bridgehead atoms. The number of hydrogen-bond acceptors (Lipinski definition) is 5. The van der Waals surface area contributed by atoms with Crippen LogP contribution < -0.4 is 0 Å². The molecule has 0 saturated carbocycles. The van der Waals surface area contributed by atoms with Gasteiger partial charge in [0.1, 0.15) is 10.8 Å². The number of piperazine rings is 1. The van der Waals surface area contributed by atoms with Crippen LogP contribution in [0.15, 0.2) is 48.5 Å². The van der Waals surface area contributed by atoms with Gasteiger partial charge in [0, 0.05) is 43.3 Å². The molecule has 3 rings (SSSR count). The number of benzene rings is 1. The summed E-state index contributed by atoms with van der Waals surface area (Å²) in [5, 5.41) is 13.0. The molecule has 2 heterocycles. The first-order chi connectivity index (χ1) is 11.6. The van der Waals surface area contributed by atoms with Crippen molar-refractivity contribution in [3.05, 3.63) is 59.1 Å². The SMILES string of the molecule is C=CCN1C[C@@H](C)N([C@H](c2cccc(O)c2)c2nccs2)C[C@@H]1C. The van der Waals surface area contributed by atoms with E-state index in [1.54, 1.807) is 17.4 Å². The number of aromatic hydroxyl groups is 1. The second-order valence-electron chi connectivity index (χ2n) is 6.51. The number of hydrogen-bond donors (Lipinski definition) is 1. The van der Waals surface area contributed by atoms with E-state index in [-0.39, 0.29) is 6.04 Å². The van der Waals surface area contributed by atoms with Gasteiger partial charge in [-0.25, -0.2) is 4.98 Å². The Kier molecular flexibility index (Phi) is 5.33. The lowest BCUT2D eigenvalue weighted by atomic mass is 9.99. The number of nitrogens with zero attached hydrogens (tertiary/aromatic N) is 3. The Morgan fingerprint density at radius 2 is 2.21 bits per heavy atom. The third-order valence-corrected chi connectivity index (χ3v) is 5.56. The van der Waals surface area contributed by atoms with Crippen LogP contribution in [0.3, 0.4) is 0 Å². The quantitative estimate of drug-likeness (QED) is 0.843. The number of phenolic OH excluding ortho intramolecular Hbond substituents is 1. The fourth-order valence-corrected chi connectivity index (χ4v) is 4.33. The molecule has 128 valence electrons. The lowest BCUT2D eigenvalue weighted by Crippen LogP contribution is -2.57. The lowest BCUT2D eigenvalue weighted by molar-refractivity contribution is 0.0306. The fourth-order valence-electron chi connectivity index (χ4n) is 3.55. The highest BCUT2D eigenvalue weighted by Gasteiger charge is 2.35. The highest BCUT2D eigenvalue weighted by Crippen LogP contribution is 2.35. The molecule has 1 aliphatic heterocycles. The number of aromatic nitrogens is 1. The molecular formula is C19H25N3OS. The van der Waals surface area contributed by atoms with Crippen molar-refractivity contribution >= 4 is 11.3 Å². The van der Waals surface area contributed by atoms with Crippen LogP contribution in [0.2, 0.25) is 0 Å². The molecule has 0 amide bonds. The highest BCUT2D eigenvalue weighted by molar-refractivity contribution is 7.09. The normalized spacial score (nSPS) is 23.9. The van der Waals surface area contributed by atoms with E-state index in [1.807, 2.05) is 29.8 Å². The van der Waals surface area contributed by atoms with Crippen LogP contribution in [0.5, 0.6) is 5.75 Å². The van der Waals surface area contributed by atoms with E-state index in [1.165, 1.54) is 0 Å². The van der Waals surface area contributed by atoms with Gasteiger partial charge in [-0.15, -0.1) is 17.9 Å². The predicted octanol–water partition coefficient (Wildman–Crippen LogP) is 3.52. The standard InChI is InChI=1S/C19H25N3OS/c1-4-9-21-12-15(3)22(13-14(21)2)18(19-20-8-10-24-19)16-6-5-7-17(23)11-16/h4-8,10-11,14-15,18,23H,1,9,12-13H2,2-3H3/t14-,15+,18+/m0/s1. The maximum absolute atomic E-state index is 9.93. The van der Waals surface area contributed by atoms with Gasteiger partial charge in [0.25, 0.3) is 0 Å². The molecule has 24 heavy (non-hydrogen) atoms. The smallest absolute Gasteiger partial charge is 0.115 e.